The molecule has 0 spiro atoms. The summed E-state index contributed by atoms with van der Waals surface area (Å²) in [5.74, 6) is -0.731. The quantitative estimate of drug-likeness (QED) is 0.671. The van der Waals surface area contributed by atoms with Crippen molar-refractivity contribution in [1.82, 2.24) is 9.88 Å². The van der Waals surface area contributed by atoms with E-state index in [1.54, 1.807) is 12.1 Å². The first-order valence-electron chi connectivity index (χ1n) is 10.3. The van der Waals surface area contributed by atoms with Crippen molar-refractivity contribution in [3.63, 3.8) is 0 Å². The second-order valence-corrected chi connectivity index (χ2v) is 8.26. The number of fused-ring (bicyclic) bond motifs is 1. The Morgan fingerprint density at radius 1 is 1.28 bits per heavy atom. The van der Waals surface area contributed by atoms with Gasteiger partial charge in [-0.05, 0) is 40.8 Å². The molecule has 6 nitrogen and oxygen atoms in total. The van der Waals surface area contributed by atoms with E-state index in [0.717, 1.165) is 23.9 Å². The Bertz CT molecular complexity index is 994. The summed E-state index contributed by atoms with van der Waals surface area (Å²) < 4.78 is 42.7. The van der Waals surface area contributed by atoms with Gasteiger partial charge in [-0.1, -0.05) is 19.9 Å². The number of ether oxygens (including phenoxy) is 1. The van der Waals surface area contributed by atoms with Gasteiger partial charge < -0.3 is 10.1 Å². The predicted molar refractivity (Wildman–Crippen MR) is 113 cm³/mol. The van der Waals surface area contributed by atoms with Crippen LogP contribution >= 0.6 is 0 Å². The minimum absolute atomic E-state index is 0.0232. The SMILES string of the molecule is COC(=O)C(C)CN1Cc2cc(C(=O)Nc3cncc(CC(F)(F)F)c3)ccc2[C@@H](C)C1. The fraction of sp³-hybridized carbons (Fsp3) is 0.435. The van der Waals surface area contributed by atoms with E-state index in [0.29, 0.717) is 18.7 Å². The van der Waals surface area contributed by atoms with Gasteiger partial charge in [-0.25, -0.2) is 0 Å². The maximum atomic E-state index is 12.7. The van der Waals surface area contributed by atoms with Crippen LogP contribution in [0.15, 0.2) is 36.7 Å². The summed E-state index contributed by atoms with van der Waals surface area (Å²) in [6, 6.07) is 6.69. The zero-order chi connectivity index (χ0) is 23.5. The Labute approximate surface area is 184 Å². The summed E-state index contributed by atoms with van der Waals surface area (Å²) in [7, 11) is 1.37. The Morgan fingerprint density at radius 3 is 2.72 bits per heavy atom. The van der Waals surface area contributed by atoms with Crippen molar-refractivity contribution in [2.75, 3.05) is 25.5 Å². The molecule has 0 saturated heterocycles. The number of methoxy groups -OCH3 is 1. The molecule has 1 unspecified atom stereocenters. The molecule has 1 aliphatic rings. The molecule has 172 valence electrons. The van der Waals surface area contributed by atoms with Crippen molar-refractivity contribution in [1.29, 1.82) is 0 Å². The lowest BCUT2D eigenvalue weighted by molar-refractivity contribution is -0.145. The normalized spacial score (nSPS) is 17.4. The molecule has 2 aromatic rings. The Morgan fingerprint density at radius 2 is 2.03 bits per heavy atom. The first-order chi connectivity index (χ1) is 15.1. The Kier molecular flexibility index (Phi) is 7.18. The van der Waals surface area contributed by atoms with Crippen LogP contribution < -0.4 is 5.32 Å². The van der Waals surface area contributed by atoms with E-state index < -0.39 is 18.5 Å². The number of carbonyl (C=O) groups excluding carboxylic acids is 2. The molecule has 1 aromatic carbocycles. The molecule has 1 aromatic heterocycles. The van der Waals surface area contributed by atoms with Gasteiger partial charge in [-0.2, -0.15) is 13.2 Å². The van der Waals surface area contributed by atoms with Gasteiger partial charge >= 0.3 is 12.1 Å². The van der Waals surface area contributed by atoms with Gasteiger partial charge in [0.2, 0.25) is 0 Å². The fourth-order valence-corrected chi connectivity index (χ4v) is 4.05. The molecule has 1 aliphatic heterocycles. The number of benzene rings is 1. The van der Waals surface area contributed by atoms with Crippen LogP contribution in [0, 0.1) is 5.92 Å². The van der Waals surface area contributed by atoms with Crippen molar-refractivity contribution < 1.29 is 27.5 Å². The zero-order valence-electron chi connectivity index (χ0n) is 18.2. The largest absolute Gasteiger partial charge is 0.469 e. The molecule has 0 saturated carbocycles. The summed E-state index contributed by atoms with van der Waals surface area (Å²) in [4.78, 5) is 30.4. The summed E-state index contributed by atoms with van der Waals surface area (Å²) >= 11 is 0. The molecule has 1 N–H and O–H groups in total. The molecule has 9 heteroatoms. The predicted octanol–water partition coefficient (Wildman–Crippen LogP) is 4.17. The fourth-order valence-electron chi connectivity index (χ4n) is 4.05. The second kappa shape index (κ2) is 9.68. The summed E-state index contributed by atoms with van der Waals surface area (Å²) in [6.45, 7) is 5.83. The highest BCUT2D eigenvalue weighted by Gasteiger charge is 2.28. The highest BCUT2D eigenvalue weighted by molar-refractivity contribution is 6.04. The minimum Gasteiger partial charge on any atom is -0.469 e. The number of halogens is 3. The third kappa shape index (κ3) is 6.06. The van der Waals surface area contributed by atoms with Crippen LogP contribution in [0.2, 0.25) is 0 Å². The molecule has 1 amide bonds. The first-order valence-corrected chi connectivity index (χ1v) is 10.3. The van der Waals surface area contributed by atoms with Gasteiger partial charge in [0.1, 0.15) is 0 Å². The van der Waals surface area contributed by atoms with Crippen LogP contribution in [0.5, 0.6) is 0 Å². The van der Waals surface area contributed by atoms with Crippen LogP contribution in [-0.4, -0.2) is 48.1 Å². The van der Waals surface area contributed by atoms with Crippen LogP contribution in [0.25, 0.3) is 0 Å². The Balaban J connectivity index is 1.73. The maximum absolute atomic E-state index is 12.7. The number of nitrogens with zero attached hydrogens (tertiary/aromatic N) is 2. The second-order valence-electron chi connectivity index (χ2n) is 8.26. The minimum atomic E-state index is -4.35. The summed E-state index contributed by atoms with van der Waals surface area (Å²) in [6.07, 6.45) is -3.02. The number of carbonyl (C=O) groups is 2. The van der Waals surface area contributed by atoms with E-state index in [2.05, 4.69) is 22.1 Å². The molecule has 0 bridgehead atoms. The number of anilines is 1. The lowest BCUT2D eigenvalue weighted by Gasteiger charge is -2.34. The van der Waals surface area contributed by atoms with E-state index in [9.17, 15) is 22.8 Å². The van der Waals surface area contributed by atoms with Gasteiger partial charge in [0.05, 0.1) is 31.3 Å². The topological polar surface area (TPSA) is 71.5 Å². The van der Waals surface area contributed by atoms with Crippen molar-refractivity contribution in [2.45, 2.75) is 38.9 Å². The number of amides is 1. The highest BCUT2D eigenvalue weighted by atomic mass is 19.4. The van der Waals surface area contributed by atoms with E-state index in [4.69, 9.17) is 4.74 Å². The Hall–Kier alpha value is -2.94. The van der Waals surface area contributed by atoms with Crippen LogP contribution in [0.4, 0.5) is 18.9 Å². The summed E-state index contributed by atoms with van der Waals surface area (Å²) in [5.41, 5.74) is 2.70. The van der Waals surface area contributed by atoms with Crippen molar-refractivity contribution >= 4 is 17.6 Å². The number of nitrogens with one attached hydrogen (secondary N) is 1. The van der Waals surface area contributed by atoms with Crippen molar-refractivity contribution in [3.8, 4) is 0 Å². The third-order valence-corrected chi connectivity index (χ3v) is 5.46. The number of pyridine rings is 1. The van der Waals surface area contributed by atoms with Gasteiger partial charge in [0, 0.05) is 31.4 Å². The number of rotatable bonds is 6. The molecule has 0 fully saturated rings. The smallest absolute Gasteiger partial charge is 0.393 e. The van der Waals surface area contributed by atoms with E-state index in [1.165, 1.54) is 19.4 Å². The molecular formula is C23H26F3N3O3. The van der Waals surface area contributed by atoms with Gasteiger partial charge in [-0.15, -0.1) is 0 Å². The number of hydrogen-bond acceptors (Lipinski definition) is 5. The molecule has 2 heterocycles. The van der Waals surface area contributed by atoms with E-state index in [-0.39, 0.29) is 29.1 Å². The van der Waals surface area contributed by atoms with E-state index >= 15 is 0 Å². The molecule has 0 aliphatic carbocycles. The highest BCUT2D eigenvalue weighted by Crippen LogP contribution is 2.30. The molecule has 0 radical (unpaired) electrons. The maximum Gasteiger partial charge on any atom is 0.393 e. The molecule has 3 rings (SSSR count). The van der Waals surface area contributed by atoms with Crippen LogP contribution in [0.3, 0.4) is 0 Å². The lowest BCUT2D eigenvalue weighted by atomic mass is 9.89. The number of hydrogen-bond donors (Lipinski definition) is 1. The number of esters is 1. The molecule has 32 heavy (non-hydrogen) atoms. The zero-order valence-corrected chi connectivity index (χ0v) is 18.2. The molecular weight excluding hydrogens is 423 g/mol. The van der Waals surface area contributed by atoms with Crippen molar-refractivity contribution in [3.05, 3.63) is 58.9 Å². The number of aromatic nitrogens is 1. The molecule has 2 atom stereocenters. The lowest BCUT2D eigenvalue weighted by Crippen LogP contribution is -2.38. The van der Waals surface area contributed by atoms with Crippen LogP contribution in [0.1, 0.15) is 46.8 Å². The number of alkyl halides is 3. The van der Waals surface area contributed by atoms with Gasteiger partial charge in [0.15, 0.2) is 0 Å². The third-order valence-electron chi connectivity index (χ3n) is 5.46. The van der Waals surface area contributed by atoms with E-state index in [1.807, 2.05) is 13.0 Å². The van der Waals surface area contributed by atoms with Gasteiger partial charge in [-0.3, -0.25) is 19.5 Å². The average Bonchev–Trinajstić information content (AvgIpc) is 2.71. The summed E-state index contributed by atoms with van der Waals surface area (Å²) in [5, 5.41) is 2.62. The monoisotopic (exact) mass is 449 g/mol. The van der Waals surface area contributed by atoms with Crippen molar-refractivity contribution in [2.24, 2.45) is 5.92 Å². The average molecular weight is 449 g/mol. The van der Waals surface area contributed by atoms with Gasteiger partial charge in [0.25, 0.3) is 5.91 Å². The van der Waals surface area contributed by atoms with Crippen LogP contribution in [-0.2, 0) is 22.5 Å². The standard InChI is InChI=1S/C23H26F3N3O3/c1-14-11-29(12-15(2)22(31)32-3)13-18-7-17(4-5-20(14)18)21(30)28-19-6-16(9-27-10-19)8-23(24,25)26/h4-7,9-10,14-15H,8,11-13H2,1-3H3,(H,28,30)/t14-,15?/m0/s1. The first kappa shape index (κ1) is 23.7.